The van der Waals surface area contributed by atoms with E-state index in [1.807, 2.05) is 0 Å². The molecule has 0 bridgehead atoms. The highest BCUT2D eigenvalue weighted by molar-refractivity contribution is 6.09. The zero-order valence-corrected chi connectivity index (χ0v) is 19.9. The maximum atomic E-state index is 13.4. The lowest BCUT2D eigenvalue weighted by Crippen LogP contribution is -2.18. The van der Waals surface area contributed by atoms with E-state index in [-0.39, 0.29) is 34.8 Å². The Morgan fingerprint density at radius 3 is 3.03 bits per heavy atom. The molecule has 1 aromatic carbocycles. The van der Waals surface area contributed by atoms with Crippen LogP contribution in [0.5, 0.6) is 11.5 Å². The Morgan fingerprint density at radius 2 is 2.21 bits per heavy atom. The van der Waals surface area contributed by atoms with E-state index >= 15 is 0 Å². The van der Waals surface area contributed by atoms with Crippen LogP contribution in [0.15, 0.2) is 49.2 Å². The number of rotatable bonds is 7. The first-order chi connectivity index (χ1) is 18.5. The molecule has 0 saturated carbocycles. The Bertz CT molecular complexity index is 1640. The highest BCUT2D eigenvalue weighted by Crippen LogP contribution is 2.42. The van der Waals surface area contributed by atoms with Crippen molar-refractivity contribution in [3.8, 4) is 22.8 Å². The Kier molecular flexibility index (Phi) is 5.78. The Balaban J connectivity index is 1.44. The number of benzene rings is 1. The van der Waals surface area contributed by atoms with E-state index in [9.17, 15) is 13.6 Å². The van der Waals surface area contributed by atoms with Crippen LogP contribution in [0.3, 0.4) is 0 Å². The molecule has 2 N–H and O–H groups in total. The molecule has 4 aromatic heterocycles. The predicted molar refractivity (Wildman–Crippen MR) is 129 cm³/mol. The highest BCUT2D eigenvalue weighted by atomic mass is 19.3. The molecule has 0 saturated heterocycles. The summed E-state index contributed by atoms with van der Waals surface area (Å²) in [6.07, 6.45) is 7.78. The lowest BCUT2D eigenvalue weighted by molar-refractivity contribution is -0.0494. The first kappa shape index (κ1) is 23.3. The van der Waals surface area contributed by atoms with Gasteiger partial charge in [0.2, 0.25) is 0 Å². The third-order valence-corrected chi connectivity index (χ3v) is 5.89. The number of amides is 1. The predicted octanol–water partition coefficient (Wildman–Crippen LogP) is 2.43. The van der Waals surface area contributed by atoms with Gasteiger partial charge in [-0.3, -0.25) is 14.2 Å². The molecular formula is C23H20F2N10O3. The van der Waals surface area contributed by atoms with Crippen LogP contribution in [0.1, 0.15) is 16.1 Å². The number of anilines is 2. The maximum absolute atomic E-state index is 13.4. The van der Waals surface area contributed by atoms with Gasteiger partial charge in [0.15, 0.2) is 5.65 Å². The van der Waals surface area contributed by atoms with Crippen LogP contribution in [0, 0.1) is 0 Å². The summed E-state index contributed by atoms with van der Waals surface area (Å²) < 4.78 is 41.9. The van der Waals surface area contributed by atoms with E-state index < -0.39 is 12.5 Å². The molecule has 0 fully saturated rings. The molecule has 1 aliphatic heterocycles. The van der Waals surface area contributed by atoms with Crippen LogP contribution in [0.2, 0.25) is 0 Å². The van der Waals surface area contributed by atoms with Crippen LogP contribution in [-0.2, 0) is 13.6 Å². The van der Waals surface area contributed by atoms with Crippen LogP contribution in [0.4, 0.5) is 20.2 Å². The third kappa shape index (κ3) is 4.33. The van der Waals surface area contributed by atoms with Gasteiger partial charge < -0.3 is 20.1 Å². The minimum atomic E-state index is -3.08. The Morgan fingerprint density at radius 1 is 1.32 bits per heavy atom. The zero-order chi connectivity index (χ0) is 26.2. The molecular weight excluding hydrogens is 502 g/mol. The summed E-state index contributed by atoms with van der Waals surface area (Å²) in [6, 6.07) is 4.68. The van der Waals surface area contributed by atoms with Crippen LogP contribution < -0.4 is 20.1 Å². The number of hydrogen-bond donors (Lipinski definition) is 2. The molecule has 194 valence electrons. The number of fused-ring (bicyclic) bond motifs is 2. The van der Waals surface area contributed by atoms with E-state index in [2.05, 4.69) is 36.1 Å². The minimum absolute atomic E-state index is 0.127. The lowest BCUT2D eigenvalue weighted by atomic mass is 10.1. The van der Waals surface area contributed by atoms with Crippen molar-refractivity contribution in [1.82, 2.24) is 39.4 Å². The van der Waals surface area contributed by atoms with Crippen molar-refractivity contribution in [2.75, 3.05) is 23.8 Å². The summed E-state index contributed by atoms with van der Waals surface area (Å²) in [7, 11) is 1.73. The SMILES string of the molecule is Cn1nncc1Cn1cc(NC(=O)c2cnn3cccnc23)c(-c2cc3c(cc2OC(F)F)NCCO3)n1. The Labute approximate surface area is 213 Å². The van der Waals surface area contributed by atoms with Gasteiger partial charge in [-0.05, 0) is 12.1 Å². The quantitative estimate of drug-likeness (QED) is 0.330. The van der Waals surface area contributed by atoms with Gasteiger partial charge in [-0.25, -0.2) is 9.50 Å². The monoisotopic (exact) mass is 522 g/mol. The summed E-state index contributed by atoms with van der Waals surface area (Å²) in [5.74, 6) is -0.186. The topological polar surface area (TPSA) is 138 Å². The van der Waals surface area contributed by atoms with Gasteiger partial charge in [-0.2, -0.15) is 19.0 Å². The standard InChI is InChI=1S/C23H20F2N10O3/c1-33-13(9-28-32-33)11-34-12-17(30-22(36)15-10-29-35-5-2-3-27-21(15)35)20(31-34)14-7-19-16(26-4-6-37-19)8-18(14)38-23(24)25/h2-3,5,7-10,12,23,26H,4,6,11H2,1H3,(H,30,36). The molecule has 1 amide bonds. The van der Waals surface area contributed by atoms with Crippen molar-refractivity contribution in [3.63, 3.8) is 0 Å². The van der Waals surface area contributed by atoms with Gasteiger partial charge in [-0.15, -0.1) is 5.10 Å². The average molecular weight is 522 g/mol. The average Bonchev–Trinajstić information content (AvgIpc) is 3.62. The fourth-order valence-electron chi connectivity index (χ4n) is 4.13. The zero-order valence-electron chi connectivity index (χ0n) is 19.9. The molecule has 15 heteroatoms. The van der Waals surface area contributed by atoms with E-state index in [4.69, 9.17) is 9.47 Å². The van der Waals surface area contributed by atoms with Crippen molar-refractivity contribution in [1.29, 1.82) is 0 Å². The molecule has 1 aliphatic rings. The van der Waals surface area contributed by atoms with Crippen molar-refractivity contribution < 1.29 is 23.0 Å². The number of alkyl halides is 2. The largest absolute Gasteiger partial charge is 0.490 e. The second-order valence-corrected chi connectivity index (χ2v) is 8.34. The first-order valence-electron chi connectivity index (χ1n) is 11.5. The second-order valence-electron chi connectivity index (χ2n) is 8.34. The number of nitrogens with zero attached hydrogens (tertiary/aromatic N) is 8. The molecule has 0 spiro atoms. The van der Waals surface area contributed by atoms with Gasteiger partial charge in [0, 0.05) is 38.2 Å². The van der Waals surface area contributed by atoms with Gasteiger partial charge in [0.05, 0.1) is 41.6 Å². The van der Waals surface area contributed by atoms with Gasteiger partial charge in [0.1, 0.15) is 29.4 Å². The Hall–Kier alpha value is -5.08. The highest BCUT2D eigenvalue weighted by Gasteiger charge is 2.25. The van der Waals surface area contributed by atoms with Gasteiger partial charge in [-0.1, -0.05) is 5.21 Å². The lowest BCUT2D eigenvalue weighted by Gasteiger charge is -2.21. The van der Waals surface area contributed by atoms with E-state index in [1.165, 1.54) is 16.8 Å². The number of ether oxygens (including phenoxy) is 2. The minimum Gasteiger partial charge on any atom is -0.490 e. The van der Waals surface area contributed by atoms with Crippen molar-refractivity contribution in [2.24, 2.45) is 7.05 Å². The number of carbonyl (C=O) groups is 1. The third-order valence-electron chi connectivity index (χ3n) is 5.89. The number of hydrogen-bond acceptors (Lipinski definition) is 9. The molecule has 6 rings (SSSR count). The molecule has 5 heterocycles. The molecule has 0 radical (unpaired) electrons. The summed E-state index contributed by atoms with van der Waals surface area (Å²) in [5.41, 5.74) is 2.48. The van der Waals surface area contributed by atoms with E-state index in [0.29, 0.717) is 30.2 Å². The van der Waals surface area contributed by atoms with Crippen LogP contribution in [-0.4, -0.2) is 65.0 Å². The molecule has 0 aliphatic carbocycles. The summed E-state index contributed by atoms with van der Waals surface area (Å²) in [4.78, 5) is 17.5. The normalized spacial score (nSPS) is 12.7. The van der Waals surface area contributed by atoms with Gasteiger partial charge in [0.25, 0.3) is 5.91 Å². The number of halogens is 2. The number of aromatic nitrogens is 8. The van der Waals surface area contributed by atoms with Crippen molar-refractivity contribution >= 4 is 22.9 Å². The molecule has 0 unspecified atom stereocenters. The number of carbonyl (C=O) groups excluding carboxylic acids is 1. The fourth-order valence-corrected chi connectivity index (χ4v) is 4.13. The fraction of sp³-hybridized carbons (Fsp3) is 0.217. The first-order valence-corrected chi connectivity index (χ1v) is 11.5. The number of nitrogens with one attached hydrogen (secondary N) is 2. The van der Waals surface area contributed by atoms with Crippen LogP contribution in [0.25, 0.3) is 16.9 Å². The van der Waals surface area contributed by atoms with E-state index in [1.54, 1.807) is 53.3 Å². The summed E-state index contributed by atoms with van der Waals surface area (Å²) in [5, 5.41) is 22.5. The van der Waals surface area contributed by atoms with E-state index in [0.717, 1.165) is 5.69 Å². The molecule has 0 atom stereocenters. The smallest absolute Gasteiger partial charge is 0.387 e. The number of aryl methyl sites for hydroxylation is 1. The second kappa shape index (κ2) is 9.42. The van der Waals surface area contributed by atoms with Gasteiger partial charge >= 0.3 is 6.61 Å². The molecule has 13 nitrogen and oxygen atoms in total. The summed E-state index contributed by atoms with van der Waals surface area (Å²) in [6.45, 7) is -1.92. The van der Waals surface area contributed by atoms with Crippen molar-refractivity contribution in [3.05, 3.63) is 60.4 Å². The van der Waals surface area contributed by atoms with Crippen molar-refractivity contribution in [2.45, 2.75) is 13.2 Å². The maximum Gasteiger partial charge on any atom is 0.387 e. The molecule has 38 heavy (non-hydrogen) atoms. The molecule has 5 aromatic rings. The summed E-state index contributed by atoms with van der Waals surface area (Å²) >= 11 is 0. The van der Waals surface area contributed by atoms with Crippen LogP contribution >= 0.6 is 0 Å².